The van der Waals surface area contributed by atoms with Gasteiger partial charge in [0.1, 0.15) is 11.6 Å². The molecule has 1 saturated heterocycles. The Balaban J connectivity index is 1.05. The van der Waals surface area contributed by atoms with Gasteiger partial charge in [-0.1, -0.05) is 41.9 Å². The maximum Gasteiger partial charge on any atom is 0.410 e. The minimum atomic E-state index is -0.222. The summed E-state index contributed by atoms with van der Waals surface area (Å²) in [6.07, 6.45) is 9.74. The van der Waals surface area contributed by atoms with E-state index in [4.69, 9.17) is 16.3 Å². The largest absolute Gasteiger partial charge is 0.445 e. The molecule has 6 bridgehead atoms. The molecule has 9 nitrogen and oxygen atoms in total. The summed E-state index contributed by atoms with van der Waals surface area (Å²) < 4.78 is 5.52. The number of amides is 1. The van der Waals surface area contributed by atoms with Crippen molar-refractivity contribution in [2.24, 2.45) is 5.92 Å². The first-order valence-corrected chi connectivity index (χ1v) is 14.8. The van der Waals surface area contributed by atoms with Crippen LogP contribution in [0.4, 0.5) is 33.6 Å². The number of aryl methyl sites for hydroxylation is 2. The summed E-state index contributed by atoms with van der Waals surface area (Å²) in [4.78, 5) is 27.6. The van der Waals surface area contributed by atoms with Crippen LogP contribution in [0.3, 0.4) is 0 Å². The first-order valence-electron chi connectivity index (χ1n) is 14.4. The van der Waals surface area contributed by atoms with E-state index in [9.17, 15) is 4.79 Å². The molecule has 0 atom stereocenters. The van der Waals surface area contributed by atoms with Crippen LogP contribution in [0.25, 0.3) is 0 Å². The number of pyridine rings is 1. The normalized spacial score (nSPS) is 14.8. The van der Waals surface area contributed by atoms with Gasteiger partial charge in [-0.3, -0.25) is 4.98 Å². The van der Waals surface area contributed by atoms with E-state index in [-0.39, 0.29) is 6.09 Å². The zero-order valence-corrected chi connectivity index (χ0v) is 24.1. The molecule has 2 aliphatic rings. The third-order valence-electron chi connectivity index (χ3n) is 7.79. The van der Waals surface area contributed by atoms with Crippen LogP contribution >= 0.6 is 11.6 Å². The van der Waals surface area contributed by atoms with Crippen LogP contribution < -0.4 is 16.0 Å². The number of piperidine rings is 1. The molecule has 1 fully saturated rings. The fraction of sp³-hybridized carbons (Fsp3) is 0.312. The van der Waals surface area contributed by atoms with Crippen molar-refractivity contribution in [1.82, 2.24) is 19.9 Å². The minimum absolute atomic E-state index is 0.222. The van der Waals surface area contributed by atoms with Crippen molar-refractivity contribution < 1.29 is 9.53 Å². The van der Waals surface area contributed by atoms with E-state index >= 15 is 0 Å². The van der Waals surface area contributed by atoms with Crippen molar-refractivity contribution in [1.29, 1.82) is 0 Å². The van der Waals surface area contributed by atoms with Crippen molar-refractivity contribution in [3.8, 4) is 0 Å². The van der Waals surface area contributed by atoms with Gasteiger partial charge in [-0.2, -0.15) is 4.98 Å². The van der Waals surface area contributed by atoms with E-state index in [1.807, 2.05) is 47.5 Å². The van der Waals surface area contributed by atoms with Gasteiger partial charge in [-0.15, -0.1) is 0 Å². The van der Waals surface area contributed by atoms with Crippen LogP contribution in [0.1, 0.15) is 36.0 Å². The predicted octanol–water partition coefficient (Wildman–Crippen LogP) is 6.96. The van der Waals surface area contributed by atoms with Gasteiger partial charge < -0.3 is 25.6 Å². The number of ether oxygens (including phenoxy) is 1. The van der Waals surface area contributed by atoms with Crippen LogP contribution in [0.5, 0.6) is 0 Å². The van der Waals surface area contributed by atoms with Gasteiger partial charge >= 0.3 is 6.09 Å². The molecule has 4 heterocycles. The van der Waals surface area contributed by atoms with Crippen LogP contribution in [0, 0.1) is 5.92 Å². The number of halogens is 1. The van der Waals surface area contributed by atoms with Gasteiger partial charge in [0.2, 0.25) is 5.95 Å². The van der Waals surface area contributed by atoms with Crippen LogP contribution in [-0.2, 0) is 24.2 Å². The highest BCUT2D eigenvalue weighted by atomic mass is 35.5. The molecule has 2 aromatic heterocycles. The van der Waals surface area contributed by atoms with Gasteiger partial charge in [-0.05, 0) is 79.0 Å². The number of hydrogen-bond donors (Lipinski definition) is 3. The Bertz CT molecular complexity index is 1530. The van der Waals surface area contributed by atoms with E-state index in [0.29, 0.717) is 29.3 Å². The highest BCUT2D eigenvalue weighted by Crippen LogP contribution is 2.30. The van der Waals surface area contributed by atoms with Gasteiger partial charge in [0.15, 0.2) is 5.82 Å². The molecule has 0 aliphatic carbocycles. The molecule has 10 heteroatoms. The minimum Gasteiger partial charge on any atom is -0.445 e. The molecule has 3 N–H and O–H groups in total. The molecule has 0 radical (unpaired) electrons. The molecule has 6 rings (SSSR count). The molecule has 42 heavy (non-hydrogen) atoms. The van der Waals surface area contributed by atoms with Gasteiger partial charge in [-0.25, -0.2) is 9.78 Å². The monoisotopic (exact) mass is 583 g/mol. The lowest BCUT2D eigenvalue weighted by Crippen LogP contribution is -2.39. The lowest BCUT2D eigenvalue weighted by atomic mass is 9.93. The first kappa shape index (κ1) is 27.8. The number of anilines is 5. The quantitative estimate of drug-likeness (QED) is 0.224. The average Bonchev–Trinajstić information content (AvgIpc) is 3.02. The highest BCUT2D eigenvalue weighted by molar-refractivity contribution is 6.32. The third-order valence-corrected chi connectivity index (χ3v) is 8.07. The van der Waals surface area contributed by atoms with Crippen molar-refractivity contribution in [3.05, 3.63) is 94.9 Å². The molecule has 0 unspecified atom stereocenters. The van der Waals surface area contributed by atoms with E-state index in [1.165, 1.54) is 5.56 Å². The first-order chi connectivity index (χ1) is 20.6. The number of benzene rings is 2. The van der Waals surface area contributed by atoms with E-state index in [2.05, 4.69) is 49.1 Å². The number of likely N-dealkylation sites (tertiary alicyclic amines) is 1. The highest BCUT2D eigenvalue weighted by Gasteiger charge is 2.23. The van der Waals surface area contributed by atoms with Gasteiger partial charge in [0.25, 0.3) is 0 Å². The maximum atomic E-state index is 12.5. The summed E-state index contributed by atoms with van der Waals surface area (Å²) in [5, 5.41) is 10.7. The summed E-state index contributed by atoms with van der Waals surface area (Å²) in [6.45, 7) is 2.65. The Labute approximate surface area is 250 Å². The fourth-order valence-electron chi connectivity index (χ4n) is 5.43. The molecule has 4 aromatic rings. The Morgan fingerprint density at radius 2 is 1.86 bits per heavy atom. The lowest BCUT2D eigenvalue weighted by molar-refractivity contribution is 0.0818. The molecule has 0 saturated carbocycles. The second-order valence-corrected chi connectivity index (χ2v) is 11.2. The topological polar surface area (TPSA) is 104 Å². The smallest absolute Gasteiger partial charge is 0.410 e. The number of carbonyl (C=O) groups is 1. The summed E-state index contributed by atoms with van der Waals surface area (Å²) in [5.41, 5.74) is 6.21. The summed E-state index contributed by atoms with van der Waals surface area (Å²) >= 11 is 6.41. The number of hydrogen-bond acceptors (Lipinski definition) is 8. The molecule has 2 aromatic carbocycles. The van der Waals surface area contributed by atoms with Crippen molar-refractivity contribution in [2.45, 2.75) is 38.7 Å². The number of nitrogens with zero attached hydrogens (tertiary/aromatic N) is 4. The van der Waals surface area contributed by atoms with Gasteiger partial charge in [0.05, 0.1) is 18.1 Å². The molecule has 2 aliphatic heterocycles. The summed E-state index contributed by atoms with van der Waals surface area (Å²) in [5.74, 6) is 1.56. The SMILES string of the molecule is O=C(OCc1ccccc1)N1CCC(CCNc2ccc3cc2CCc2cncc(c2)Nc2ncc(Cl)c(n2)N3)CC1. The van der Waals surface area contributed by atoms with Crippen molar-refractivity contribution in [3.63, 3.8) is 0 Å². The third kappa shape index (κ3) is 7.09. The Morgan fingerprint density at radius 1 is 1.00 bits per heavy atom. The van der Waals surface area contributed by atoms with Crippen molar-refractivity contribution >= 4 is 46.5 Å². The Morgan fingerprint density at radius 3 is 2.71 bits per heavy atom. The molecular weight excluding hydrogens is 550 g/mol. The Kier molecular flexibility index (Phi) is 8.65. The molecular formula is C32H34ClN7O2. The zero-order chi connectivity index (χ0) is 28.7. The molecule has 216 valence electrons. The van der Waals surface area contributed by atoms with Crippen LogP contribution in [0.2, 0.25) is 5.02 Å². The van der Waals surface area contributed by atoms with E-state index in [0.717, 1.165) is 79.9 Å². The number of fused-ring (bicyclic) bond motifs is 6. The van der Waals surface area contributed by atoms with Crippen LogP contribution in [0.15, 0.2) is 73.2 Å². The van der Waals surface area contributed by atoms with Crippen molar-refractivity contribution in [2.75, 3.05) is 35.6 Å². The summed E-state index contributed by atoms with van der Waals surface area (Å²) in [7, 11) is 0. The number of rotatable bonds is 6. The second kappa shape index (κ2) is 13.1. The number of nitrogens with one attached hydrogen (secondary N) is 3. The number of aromatic nitrogens is 3. The Hall–Kier alpha value is -4.37. The summed E-state index contributed by atoms with van der Waals surface area (Å²) in [6, 6.07) is 18.2. The second-order valence-electron chi connectivity index (χ2n) is 10.8. The average molecular weight is 584 g/mol. The standard InChI is InChI=1S/C32H34ClN7O2/c33-28-20-36-31-38-27-16-24(18-34-19-27)6-7-25-17-26(37-30(28)39-31)8-9-29(25)35-13-10-22-11-14-40(15-12-22)32(41)42-21-23-4-2-1-3-5-23/h1-5,8-9,16-20,22,35H,6-7,10-15,21H2,(H2,36,37,38,39). The van der Waals surface area contributed by atoms with E-state index < -0.39 is 0 Å². The molecule has 0 spiro atoms. The molecule has 1 amide bonds. The maximum absolute atomic E-state index is 12.5. The zero-order valence-electron chi connectivity index (χ0n) is 23.4. The van der Waals surface area contributed by atoms with Gasteiger partial charge in [0, 0.05) is 37.2 Å². The van der Waals surface area contributed by atoms with E-state index in [1.54, 1.807) is 12.4 Å². The number of carbonyl (C=O) groups excluding carboxylic acids is 1. The lowest BCUT2D eigenvalue weighted by Gasteiger charge is -2.31. The van der Waals surface area contributed by atoms with Crippen LogP contribution in [-0.4, -0.2) is 45.6 Å². The fourth-order valence-corrected chi connectivity index (χ4v) is 5.57. The predicted molar refractivity (Wildman–Crippen MR) is 166 cm³/mol.